The van der Waals surface area contributed by atoms with Crippen molar-refractivity contribution in [3.8, 4) is 11.6 Å². The minimum Gasteiger partial charge on any atom is -0.434 e. The summed E-state index contributed by atoms with van der Waals surface area (Å²) in [6.45, 7) is 0. The summed E-state index contributed by atoms with van der Waals surface area (Å²) in [5.74, 6) is -0.00617. The third-order valence-electron chi connectivity index (χ3n) is 2.48. The average molecular weight is 240 g/mol. The molecule has 3 aromatic rings. The van der Waals surface area contributed by atoms with Crippen molar-refractivity contribution in [2.24, 2.45) is 0 Å². The van der Waals surface area contributed by atoms with Crippen LogP contribution in [0.3, 0.4) is 0 Å². The Balaban J connectivity index is 1.98. The topological polar surface area (TPSA) is 35.0 Å². The molecule has 3 rings (SSSR count). The summed E-state index contributed by atoms with van der Waals surface area (Å²) in [4.78, 5) is 8.46. The highest BCUT2D eigenvalue weighted by molar-refractivity contribution is 5.74. The van der Waals surface area contributed by atoms with E-state index in [1.165, 1.54) is 12.3 Å². The van der Waals surface area contributed by atoms with E-state index in [9.17, 15) is 4.39 Å². The van der Waals surface area contributed by atoms with Crippen LogP contribution in [0.25, 0.3) is 11.0 Å². The maximum absolute atomic E-state index is 13.4. The molecule has 0 saturated carbocycles. The van der Waals surface area contributed by atoms with Crippen LogP contribution in [0, 0.1) is 5.82 Å². The molecule has 0 amide bonds. The molecule has 0 N–H and O–H groups in total. The maximum Gasteiger partial charge on any atom is 0.238 e. The van der Waals surface area contributed by atoms with Crippen molar-refractivity contribution in [3.63, 3.8) is 0 Å². The number of benzene rings is 2. The molecule has 0 unspecified atom stereocenters. The predicted octanol–water partition coefficient (Wildman–Crippen LogP) is 3.56. The summed E-state index contributed by atoms with van der Waals surface area (Å²) in [5.41, 5.74) is 1.49. The van der Waals surface area contributed by atoms with Crippen molar-refractivity contribution in [2.75, 3.05) is 0 Å². The molecule has 1 heterocycles. The van der Waals surface area contributed by atoms with Gasteiger partial charge in [-0.1, -0.05) is 24.3 Å². The predicted molar refractivity (Wildman–Crippen MR) is 66.0 cm³/mol. The average Bonchev–Trinajstić information content (AvgIpc) is 2.41. The van der Waals surface area contributed by atoms with Gasteiger partial charge < -0.3 is 4.74 Å². The van der Waals surface area contributed by atoms with E-state index in [1.54, 1.807) is 18.2 Å². The lowest BCUT2D eigenvalue weighted by atomic mass is 10.3. The summed E-state index contributed by atoms with van der Waals surface area (Å²) in [6.07, 6.45) is 1.48. The van der Waals surface area contributed by atoms with E-state index in [1.807, 2.05) is 24.3 Å². The van der Waals surface area contributed by atoms with Crippen LogP contribution in [0.4, 0.5) is 4.39 Å². The molecule has 4 heteroatoms. The Morgan fingerprint density at radius 3 is 2.44 bits per heavy atom. The van der Waals surface area contributed by atoms with Crippen LogP contribution < -0.4 is 4.74 Å². The first-order chi connectivity index (χ1) is 8.83. The minimum atomic E-state index is -0.424. The fraction of sp³-hybridized carbons (Fsp3) is 0. The number of aromatic nitrogens is 2. The summed E-state index contributed by atoms with van der Waals surface area (Å²) < 4.78 is 18.8. The Kier molecular flexibility index (Phi) is 2.61. The summed E-state index contributed by atoms with van der Waals surface area (Å²) in [5, 5.41) is 0. The van der Waals surface area contributed by atoms with Crippen LogP contribution in [0.15, 0.2) is 54.7 Å². The molecule has 18 heavy (non-hydrogen) atoms. The molecule has 0 bridgehead atoms. The number of para-hydroxylation sites is 3. The Hall–Kier alpha value is -2.49. The van der Waals surface area contributed by atoms with Crippen LogP contribution in [0.5, 0.6) is 11.6 Å². The van der Waals surface area contributed by atoms with Gasteiger partial charge in [-0.2, -0.15) is 0 Å². The van der Waals surface area contributed by atoms with Gasteiger partial charge in [0.25, 0.3) is 0 Å². The molecule has 0 spiro atoms. The second-order valence-corrected chi connectivity index (χ2v) is 3.73. The highest BCUT2D eigenvalue weighted by Crippen LogP contribution is 2.23. The molecule has 0 aliphatic heterocycles. The van der Waals surface area contributed by atoms with Crippen molar-refractivity contribution in [2.45, 2.75) is 0 Å². The van der Waals surface area contributed by atoms with Crippen molar-refractivity contribution in [1.29, 1.82) is 0 Å². The first-order valence-electron chi connectivity index (χ1n) is 5.47. The zero-order valence-corrected chi connectivity index (χ0v) is 9.38. The van der Waals surface area contributed by atoms with Crippen LogP contribution in [0.2, 0.25) is 0 Å². The number of ether oxygens (including phenoxy) is 1. The van der Waals surface area contributed by atoms with E-state index in [-0.39, 0.29) is 11.6 Å². The van der Waals surface area contributed by atoms with Gasteiger partial charge in [-0.25, -0.2) is 14.4 Å². The van der Waals surface area contributed by atoms with Gasteiger partial charge in [0.1, 0.15) is 0 Å². The minimum absolute atomic E-state index is 0.141. The van der Waals surface area contributed by atoms with E-state index in [0.29, 0.717) is 5.52 Å². The summed E-state index contributed by atoms with van der Waals surface area (Å²) in [6, 6.07) is 13.6. The maximum atomic E-state index is 13.4. The zero-order chi connectivity index (χ0) is 12.4. The van der Waals surface area contributed by atoms with Gasteiger partial charge in [0.05, 0.1) is 17.2 Å². The summed E-state index contributed by atoms with van der Waals surface area (Å²) in [7, 11) is 0. The Morgan fingerprint density at radius 2 is 1.61 bits per heavy atom. The number of nitrogens with zero attached hydrogens (tertiary/aromatic N) is 2. The highest BCUT2D eigenvalue weighted by Gasteiger charge is 2.05. The zero-order valence-electron chi connectivity index (χ0n) is 9.38. The van der Waals surface area contributed by atoms with Gasteiger partial charge in [0.15, 0.2) is 11.6 Å². The van der Waals surface area contributed by atoms with E-state index >= 15 is 0 Å². The van der Waals surface area contributed by atoms with E-state index in [2.05, 4.69) is 9.97 Å². The van der Waals surface area contributed by atoms with E-state index in [0.717, 1.165) is 5.52 Å². The van der Waals surface area contributed by atoms with Gasteiger partial charge in [-0.05, 0) is 24.3 Å². The molecule has 0 aliphatic rings. The van der Waals surface area contributed by atoms with Gasteiger partial charge >= 0.3 is 0 Å². The molecule has 0 fully saturated rings. The van der Waals surface area contributed by atoms with Gasteiger partial charge in [-0.3, -0.25) is 0 Å². The molecule has 88 valence electrons. The monoisotopic (exact) mass is 240 g/mol. The third-order valence-corrected chi connectivity index (χ3v) is 2.48. The lowest BCUT2D eigenvalue weighted by Crippen LogP contribution is -1.92. The molecule has 1 aromatic heterocycles. The lowest BCUT2D eigenvalue weighted by Gasteiger charge is -2.05. The van der Waals surface area contributed by atoms with Gasteiger partial charge in [0.2, 0.25) is 5.88 Å². The normalized spacial score (nSPS) is 10.5. The number of rotatable bonds is 2. The first-order valence-corrected chi connectivity index (χ1v) is 5.47. The van der Waals surface area contributed by atoms with E-state index < -0.39 is 5.82 Å². The standard InChI is InChI=1S/C14H9FN2O/c15-10-5-1-4-8-13(10)18-14-9-16-11-6-2-3-7-12(11)17-14/h1-9H. The Morgan fingerprint density at radius 1 is 0.889 bits per heavy atom. The lowest BCUT2D eigenvalue weighted by molar-refractivity contribution is 0.427. The first kappa shape index (κ1) is 10.7. The van der Waals surface area contributed by atoms with Crippen LogP contribution in [0.1, 0.15) is 0 Å². The number of halogens is 1. The fourth-order valence-electron chi connectivity index (χ4n) is 1.63. The molecule has 0 aliphatic carbocycles. The molecule has 3 nitrogen and oxygen atoms in total. The number of hydrogen-bond acceptors (Lipinski definition) is 3. The molecular weight excluding hydrogens is 231 g/mol. The van der Waals surface area contributed by atoms with Crippen molar-refractivity contribution < 1.29 is 9.13 Å². The van der Waals surface area contributed by atoms with Gasteiger partial charge in [-0.15, -0.1) is 0 Å². The van der Waals surface area contributed by atoms with Crippen LogP contribution >= 0.6 is 0 Å². The smallest absolute Gasteiger partial charge is 0.238 e. The number of hydrogen-bond donors (Lipinski definition) is 0. The fourth-order valence-corrected chi connectivity index (χ4v) is 1.63. The van der Waals surface area contributed by atoms with E-state index in [4.69, 9.17) is 4.74 Å². The van der Waals surface area contributed by atoms with Gasteiger partial charge in [0, 0.05) is 0 Å². The van der Waals surface area contributed by atoms with Crippen LogP contribution in [-0.4, -0.2) is 9.97 Å². The molecule has 0 saturated heterocycles. The summed E-state index contributed by atoms with van der Waals surface area (Å²) >= 11 is 0. The molecule has 0 radical (unpaired) electrons. The van der Waals surface area contributed by atoms with Crippen LogP contribution in [-0.2, 0) is 0 Å². The molecular formula is C14H9FN2O. The highest BCUT2D eigenvalue weighted by atomic mass is 19.1. The quantitative estimate of drug-likeness (QED) is 0.687. The second kappa shape index (κ2) is 4.41. The largest absolute Gasteiger partial charge is 0.434 e. The molecule has 0 atom stereocenters. The Bertz CT molecular complexity index is 700. The van der Waals surface area contributed by atoms with Crippen molar-refractivity contribution in [1.82, 2.24) is 9.97 Å². The van der Waals surface area contributed by atoms with Crippen molar-refractivity contribution >= 4 is 11.0 Å². The number of fused-ring (bicyclic) bond motifs is 1. The SMILES string of the molecule is Fc1ccccc1Oc1cnc2ccccc2n1. The second-order valence-electron chi connectivity index (χ2n) is 3.73. The Labute approximate surface area is 103 Å². The molecule has 2 aromatic carbocycles. The third kappa shape index (κ3) is 2.00. The van der Waals surface area contributed by atoms with Crippen molar-refractivity contribution in [3.05, 3.63) is 60.5 Å².